The van der Waals surface area contributed by atoms with Gasteiger partial charge in [0, 0.05) is 17.2 Å². The van der Waals surface area contributed by atoms with E-state index in [1.165, 1.54) is 17.2 Å². The highest BCUT2D eigenvalue weighted by Gasteiger charge is 2.23. The summed E-state index contributed by atoms with van der Waals surface area (Å²) >= 11 is 0. The lowest BCUT2D eigenvalue weighted by Crippen LogP contribution is -2.17. The van der Waals surface area contributed by atoms with Gasteiger partial charge in [-0.15, -0.1) is 0 Å². The largest absolute Gasteiger partial charge is 0.488 e. The van der Waals surface area contributed by atoms with Gasteiger partial charge < -0.3 is 9.84 Å². The molecule has 1 aromatic carbocycles. The summed E-state index contributed by atoms with van der Waals surface area (Å²) in [4.78, 5) is 10.4. The number of benzene rings is 1. The molecular formula is C21H24O3. The van der Waals surface area contributed by atoms with Crippen LogP contribution in [0.1, 0.15) is 37.5 Å². The monoisotopic (exact) mass is 324 g/mol. The molecule has 2 rings (SSSR count). The van der Waals surface area contributed by atoms with Crippen molar-refractivity contribution in [1.82, 2.24) is 0 Å². The molecule has 0 bridgehead atoms. The second-order valence-corrected chi connectivity index (χ2v) is 6.93. The molecule has 1 aromatic rings. The molecule has 0 saturated carbocycles. The molecule has 1 N–H and O–H groups in total. The molecule has 0 unspecified atom stereocenters. The Bertz CT molecular complexity index is 741. The number of allylic oxidation sites excluding steroid dienone is 4. The van der Waals surface area contributed by atoms with E-state index in [1.54, 1.807) is 12.2 Å². The van der Waals surface area contributed by atoms with Crippen LogP contribution in [-0.4, -0.2) is 17.7 Å². The molecule has 0 atom stereocenters. The number of aryl methyl sites for hydroxylation is 1. The normalized spacial score (nSPS) is 14.9. The van der Waals surface area contributed by atoms with Crippen LogP contribution in [0.15, 0.2) is 54.2 Å². The minimum Gasteiger partial charge on any atom is -0.488 e. The van der Waals surface area contributed by atoms with Gasteiger partial charge in [0.1, 0.15) is 12.4 Å². The van der Waals surface area contributed by atoms with Gasteiger partial charge in [-0.05, 0) is 35.6 Å². The Balaban J connectivity index is 2.21. The topological polar surface area (TPSA) is 46.5 Å². The third-order valence-corrected chi connectivity index (χ3v) is 3.68. The van der Waals surface area contributed by atoms with Crippen molar-refractivity contribution >= 4 is 12.0 Å². The van der Waals surface area contributed by atoms with Crippen molar-refractivity contribution in [2.24, 2.45) is 0 Å². The number of hydrogen-bond donors (Lipinski definition) is 1. The average molecular weight is 324 g/mol. The Morgan fingerprint density at radius 1 is 1.17 bits per heavy atom. The minimum absolute atomic E-state index is 0.0382. The smallest absolute Gasteiger partial charge is 0.328 e. The number of fused-ring (bicyclic) bond motifs is 1. The highest BCUT2D eigenvalue weighted by Crippen LogP contribution is 2.38. The molecule has 0 saturated heterocycles. The molecule has 1 heterocycles. The van der Waals surface area contributed by atoms with Crippen molar-refractivity contribution in [1.29, 1.82) is 0 Å². The molecule has 1 aliphatic heterocycles. The molecule has 0 spiro atoms. The van der Waals surface area contributed by atoms with Crippen molar-refractivity contribution in [2.45, 2.75) is 33.1 Å². The first-order valence-corrected chi connectivity index (χ1v) is 8.00. The highest BCUT2D eigenvalue weighted by molar-refractivity contribution is 5.80. The molecule has 3 nitrogen and oxygen atoms in total. The van der Waals surface area contributed by atoms with E-state index < -0.39 is 5.97 Å². The molecule has 0 fully saturated rings. The van der Waals surface area contributed by atoms with Gasteiger partial charge in [0.05, 0.1) is 0 Å². The van der Waals surface area contributed by atoms with E-state index in [0.717, 1.165) is 23.0 Å². The van der Waals surface area contributed by atoms with Crippen LogP contribution < -0.4 is 4.74 Å². The van der Waals surface area contributed by atoms with Gasteiger partial charge in [0.25, 0.3) is 0 Å². The van der Waals surface area contributed by atoms with Crippen molar-refractivity contribution < 1.29 is 14.6 Å². The van der Waals surface area contributed by atoms with Crippen LogP contribution >= 0.6 is 0 Å². The molecular weight excluding hydrogens is 300 g/mol. The summed E-state index contributed by atoms with van der Waals surface area (Å²) in [6.45, 7) is 9.22. The van der Waals surface area contributed by atoms with Crippen LogP contribution in [0, 0.1) is 6.92 Å². The average Bonchev–Trinajstić information content (AvgIpc) is 2.48. The standard InChI is InChI=1S/C21H24O3/c1-15-11-17-13-16(9-7-5-6-8-10-19(22)23)14-24-20(17)18(12-15)21(2,3)4/h5-13H,14H2,1-4H3,(H,22,23)/b6-5+,9-7+,10-8+. The van der Waals surface area contributed by atoms with E-state index >= 15 is 0 Å². The number of carbonyl (C=O) groups is 1. The van der Waals surface area contributed by atoms with E-state index in [9.17, 15) is 4.79 Å². The maximum Gasteiger partial charge on any atom is 0.328 e. The minimum atomic E-state index is -0.950. The molecule has 0 radical (unpaired) electrons. The maximum atomic E-state index is 10.4. The summed E-state index contributed by atoms with van der Waals surface area (Å²) in [5.74, 6) is 0.0267. The van der Waals surface area contributed by atoms with E-state index in [0.29, 0.717) is 6.61 Å². The van der Waals surface area contributed by atoms with E-state index in [-0.39, 0.29) is 5.41 Å². The first kappa shape index (κ1) is 17.8. The number of hydrogen-bond acceptors (Lipinski definition) is 2. The molecule has 0 aromatic heterocycles. The zero-order valence-corrected chi connectivity index (χ0v) is 14.7. The van der Waals surface area contributed by atoms with Crippen LogP contribution in [0.5, 0.6) is 5.75 Å². The summed E-state index contributed by atoms with van der Waals surface area (Å²) < 4.78 is 6.02. The fraction of sp³-hybridized carbons (Fsp3) is 0.286. The predicted molar refractivity (Wildman–Crippen MR) is 98.4 cm³/mol. The Kier molecular flexibility index (Phi) is 5.45. The van der Waals surface area contributed by atoms with Crippen molar-refractivity contribution in [3.8, 4) is 5.75 Å². The Morgan fingerprint density at radius 2 is 1.88 bits per heavy atom. The van der Waals surface area contributed by atoms with E-state index in [4.69, 9.17) is 9.84 Å². The summed E-state index contributed by atoms with van der Waals surface area (Å²) in [7, 11) is 0. The lowest BCUT2D eigenvalue weighted by Gasteiger charge is -2.27. The number of ether oxygens (including phenoxy) is 1. The fourth-order valence-corrected chi connectivity index (χ4v) is 2.57. The Labute approximate surface area is 143 Å². The molecule has 0 amide bonds. The zero-order valence-electron chi connectivity index (χ0n) is 14.7. The van der Waals surface area contributed by atoms with Crippen LogP contribution in [-0.2, 0) is 10.2 Å². The fourth-order valence-electron chi connectivity index (χ4n) is 2.57. The van der Waals surface area contributed by atoms with Crippen molar-refractivity contribution in [3.63, 3.8) is 0 Å². The highest BCUT2D eigenvalue weighted by atomic mass is 16.5. The molecule has 24 heavy (non-hydrogen) atoms. The van der Waals surface area contributed by atoms with Gasteiger partial charge in [0.2, 0.25) is 0 Å². The third kappa shape index (κ3) is 4.72. The number of carboxylic acids is 1. The second-order valence-electron chi connectivity index (χ2n) is 6.93. The van der Waals surface area contributed by atoms with Gasteiger partial charge in [-0.2, -0.15) is 0 Å². The van der Waals surface area contributed by atoms with Gasteiger partial charge in [0.15, 0.2) is 0 Å². The van der Waals surface area contributed by atoms with E-state index in [2.05, 4.69) is 45.9 Å². The number of carboxylic acid groups (broad SMARTS) is 1. The lowest BCUT2D eigenvalue weighted by molar-refractivity contribution is -0.131. The SMILES string of the molecule is Cc1cc2c(c(C(C)(C)C)c1)OCC(/C=C/C=C/C=C/C(=O)O)=C2. The first-order chi connectivity index (χ1) is 11.3. The summed E-state index contributed by atoms with van der Waals surface area (Å²) in [6, 6.07) is 4.34. The van der Waals surface area contributed by atoms with Crippen LogP contribution in [0.25, 0.3) is 6.08 Å². The third-order valence-electron chi connectivity index (χ3n) is 3.68. The van der Waals surface area contributed by atoms with Gasteiger partial charge >= 0.3 is 5.97 Å². The molecule has 3 heteroatoms. The van der Waals surface area contributed by atoms with Gasteiger partial charge in [-0.3, -0.25) is 0 Å². The van der Waals surface area contributed by atoms with Crippen molar-refractivity contribution in [2.75, 3.05) is 6.61 Å². The van der Waals surface area contributed by atoms with E-state index in [1.807, 2.05) is 12.2 Å². The molecule has 0 aliphatic carbocycles. The first-order valence-electron chi connectivity index (χ1n) is 8.00. The quantitative estimate of drug-likeness (QED) is 0.638. The molecule has 126 valence electrons. The second kappa shape index (κ2) is 7.35. The Morgan fingerprint density at radius 3 is 2.54 bits per heavy atom. The molecule has 1 aliphatic rings. The van der Waals surface area contributed by atoms with Crippen LogP contribution in [0.2, 0.25) is 0 Å². The number of rotatable bonds is 4. The summed E-state index contributed by atoms with van der Waals surface area (Å²) in [5, 5.41) is 8.50. The van der Waals surface area contributed by atoms with Gasteiger partial charge in [-0.1, -0.05) is 57.2 Å². The lowest BCUT2D eigenvalue weighted by atomic mass is 9.83. The summed E-state index contributed by atoms with van der Waals surface area (Å²) in [6.07, 6.45) is 12.1. The Hall–Kier alpha value is -2.55. The maximum absolute atomic E-state index is 10.4. The number of aliphatic carboxylic acids is 1. The zero-order chi connectivity index (χ0) is 17.7. The van der Waals surface area contributed by atoms with Gasteiger partial charge in [-0.25, -0.2) is 4.79 Å². The summed E-state index contributed by atoms with van der Waals surface area (Å²) in [5.41, 5.74) is 4.69. The predicted octanol–water partition coefficient (Wildman–Crippen LogP) is 4.82. The van der Waals surface area contributed by atoms with Crippen LogP contribution in [0.3, 0.4) is 0 Å². The van der Waals surface area contributed by atoms with Crippen LogP contribution in [0.4, 0.5) is 0 Å². The van der Waals surface area contributed by atoms with Crippen molar-refractivity contribution in [3.05, 3.63) is 70.9 Å².